The Hall–Kier alpha value is -2.34. The number of carbonyl (C=O) groups excluding carboxylic acids is 1. The summed E-state index contributed by atoms with van der Waals surface area (Å²) >= 11 is 1.75. The van der Waals surface area contributed by atoms with Gasteiger partial charge in [0.1, 0.15) is 0 Å². The highest BCUT2D eigenvalue weighted by molar-refractivity contribution is 7.15. The van der Waals surface area contributed by atoms with E-state index in [1.165, 1.54) is 4.88 Å². The average Bonchev–Trinajstić information content (AvgIpc) is 3.08. The molecule has 0 saturated carbocycles. The van der Waals surface area contributed by atoms with Gasteiger partial charge in [0.2, 0.25) is 0 Å². The number of fused-ring (bicyclic) bond motifs is 1. The van der Waals surface area contributed by atoms with E-state index in [4.69, 9.17) is 0 Å². The fourth-order valence-corrected chi connectivity index (χ4v) is 4.28. The van der Waals surface area contributed by atoms with E-state index in [0.717, 1.165) is 59.9 Å². The number of thiazole rings is 1. The van der Waals surface area contributed by atoms with Crippen molar-refractivity contribution in [2.45, 2.75) is 20.3 Å². The summed E-state index contributed by atoms with van der Waals surface area (Å²) in [5, 5.41) is 2.08. The van der Waals surface area contributed by atoms with Crippen molar-refractivity contribution in [2.75, 3.05) is 31.1 Å². The van der Waals surface area contributed by atoms with Crippen LogP contribution < -0.4 is 4.90 Å². The largest absolute Gasteiger partial charge is 0.360 e. The van der Waals surface area contributed by atoms with Crippen molar-refractivity contribution in [1.29, 1.82) is 0 Å². The molecule has 3 heterocycles. The second-order valence-corrected chi connectivity index (χ2v) is 7.70. The fourth-order valence-electron chi connectivity index (χ4n) is 3.32. The van der Waals surface area contributed by atoms with Gasteiger partial charge in [-0.15, -0.1) is 11.3 Å². The van der Waals surface area contributed by atoms with E-state index in [1.807, 2.05) is 35.4 Å². The van der Waals surface area contributed by atoms with Crippen LogP contribution in [0.3, 0.4) is 0 Å². The van der Waals surface area contributed by atoms with Gasteiger partial charge in [-0.1, -0.05) is 18.2 Å². The summed E-state index contributed by atoms with van der Waals surface area (Å²) in [4.78, 5) is 26.4. The minimum Gasteiger partial charge on any atom is -0.360 e. The Kier molecular flexibility index (Phi) is 4.21. The molecule has 6 heteroatoms. The predicted molar refractivity (Wildman–Crippen MR) is 103 cm³/mol. The van der Waals surface area contributed by atoms with Crippen molar-refractivity contribution in [3.63, 3.8) is 0 Å². The zero-order chi connectivity index (χ0) is 17.4. The molecule has 3 aromatic rings. The molecule has 0 bridgehead atoms. The third-order valence-electron chi connectivity index (χ3n) is 4.89. The molecule has 0 radical (unpaired) electrons. The maximum atomic E-state index is 13.0. The third kappa shape index (κ3) is 3.02. The molecule has 1 fully saturated rings. The van der Waals surface area contributed by atoms with Crippen LogP contribution in [-0.4, -0.2) is 47.0 Å². The molecule has 0 spiro atoms. The highest BCUT2D eigenvalue weighted by Gasteiger charge is 2.23. The van der Waals surface area contributed by atoms with Crippen LogP contribution in [0.15, 0.2) is 30.5 Å². The normalized spacial score (nSPS) is 15.6. The van der Waals surface area contributed by atoms with Gasteiger partial charge in [-0.05, 0) is 26.3 Å². The van der Waals surface area contributed by atoms with Gasteiger partial charge in [0.05, 0.1) is 11.3 Å². The summed E-state index contributed by atoms with van der Waals surface area (Å²) in [6.45, 7) is 7.47. The number of nitrogens with one attached hydrogen (secondary N) is 1. The Morgan fingerprint density at radius 2 is 2.00 bits per heavy atom. The van der Waals surface area contributed by atoms with E-state index < -0.39 is 0 Å². The van der Waals surface area contributed by atoms with Crippen LogP contribution in [-0.2, 0) is 0 Å². The summed E-state index contributed by atoms with van der Waals surface area (Å²) in [5.74, 6) is 0.116. The molecule has 0 atom stereocenters. The fraction of sp³-hybridized carbons (Fsp3) is 0.368. The van der Waals surface area contributed by atoms with Crippen molar-refractivity contribution < 1.29 is 4.79 Å². The molecule has 25 heavy (non-hydrogen) atoms. The van der Waals surface area contributed by atoms with Crippen LogP contribution in [0, 0.1) is 13.8 Å². The van der Waals surface area contributed by atoms with Crippen molar-refractivity contribution in [1.82, 2.24) is 14.9 Å². The quantitative estimate of drug-likeness (QED) is 0.765. The highest BCUT2D eigenvalue weighted by Crippen LogP contribution is 2.26. The minimum atomic E-state index is 0.116. The molecule has 1 aliphatic rings. The monoisotopic (exact) mass is 354 g/mol. The number of para-hydroxylation sites is 1. The van der Waals surface area contributed by atoms with Crippen molar-refractivity contribution in [2.24, 2.45) is 0 Å². The summed E-state index contributed by atoms with van der Waals surface area (Å²) in [6.07, 6.45) is 2.80. The number of amides is 1. The number of aromatic nitrogens is 2. The number of carbonyl (C=O) groups is 1. The molecule has 2 aromatic heterocycles. The molecule has 0 aliphatic carbocycles. The second kappa shape index (κ2) is 6.52. The lowest BCUT2D eigenvalue weighted by molar-refractivity contribution is 0.0769. The summed E-state index contributed by atoms with van der Waals surface area (Å²) < 4.78 is 0. The van der Waals surface area contributed by atoms with E-state index in [0.29, 0.717) is 0 Å². The first-order valence-corrected chi connectivity index (χ1v) is 9.49. The Bertz CT molecular complexity index is 894. The molecule has 5 nitrogen and oxygen atoms in total. The first kappa shape index (κ1) is 16.1. The Morgan fingerprint density at radius 1 is 1.16 bits per heavy atom. The number of aromatic amines is 1. The number of rotatable bonds is 2. The highest BCUT2D eigenvalue weighted by atomic mass is 32.1. The van der Waals surface area contributed by atoms with Crippen LogP contribution in [0.25, 0.3) is 10.9 Å². The molecule has 130 valence electrons. The van der Waals surface area contributed by atoms with E-state index in [9.17, 15) is 4.79 Å². The molecule has 4 rings (SSSR count). The number of nitrogens with zero attached hydrogens (tertiary/aromatic N) is 3. The molecule has 1 N–H and O–H groups in total. The molecular formula is C19H22N4OS. The van der Waals surface area contributed by atoms with Crippen molar-refractivity contribution >= 4 is 33.3 Å². The molecule has 1 saturated heterocycles. The molecule has 1 aromatic carbocycles. The predicted octanol–water partition coefficient (Wildman–Crippen LogP) is 3.59. The van der Waals surface area contributed by atoms with Gasteiger partial charge in [0.25, 0.3) is 5.91 Å². The number of hydrogen-bond acceptors (Lipinski definition) is 4. The van der Waals surface area contributed by atoms with Gasteiger partial charge < -0.3 is 14.8 Å². The molecule has 1 amide bonds. The lowest BCUT2D eigenvalue weighted by Gasteiger charge is -2.21. The number of benzene rings is 1. The van der Waals surface area contributed by atoms with E-state index >= 15 is 0 Å². The third-order valence-corrected chi connectivity index (χ3v) is 6.02. The van der Waals surface area contributed by atoms with Gasteiger partial charge in [-0.2, -0.15) is 0 Å². The van der Waals surface area contributed by atoms with Gasteiger partial charge in [0.15, 0.2) is 5.13 Å². The maximum absolute atomic E-state index is 13.0. The standard InChI is InChI=1S/C19H22N4OS/c1-13-14(2)25-19(21-13)23-9-5-8-22(10-11-23)18(24)16-12-20-17-7-4-3-6-15(16)17/h3-4,6-7,12,20H,5,8-11H2,1-2H3. The smallest absolute Gasteiger partial charge is 0.256 e. The van der Waals surface area contributed by atoms with Crippen LogP contribution in [0.5, 0.6) is 0 Å². The van der Waals surface area contributed by atoms with Gasteiger partial charge in [-0.25, -0.2) is 4.98 Å². The van der Waals surface area contributed by atoms with E-state index in [2.05, 4.69) is 28.7 Å². The first-order valence-electron chi connectivity index (χ1n) is 8.68. The van der Waals surface area contributed by atoms with Gasteiger partial charge in [-0.3, -0.25) is 4.79 Å². The maximum Gasteiger partial charge on any atom is 0.256 e. The average molecular weight is 354 g/mol. The zero-order valence-electron chi connectivity index (χ0n) is 14.6. The van der Waals surface area contributed by atoms with Gasteiger partial charge >= 0.3 is 0 Å². The lowest BCUT2D eigenvalue weighted by Crippen LogP contribution is -2.35. The summed E-state index contributed by atoms with van der Waals surface area (Å²) in [7, 11) is 0. The number of aryl methyl sites for hydroxylation is 2. The van der Waals surface area contributed by atoms with Crippen molar-refractivity contribution in [3.8, 4) is 0 Å². The van der Waals surface area contributed by atoms with Gasteiger partial charge in [0, 0.05) is 48.2 Å². The molecular weight excluding hydrogens is 332 g/mol. The molecule has 0 unspecified atom stereocenters. The SMILES string of the molecule is Cc1nc(N2CCCN(C(=O)c3c[nH]c4ccccc34)CC2)sc1C. The number of anilines is 1. The van der Waals surface area contributed by atoms with Crippen LogP contribution >= 0.6 is 11.3 Å². The zero-order valence-corrected chi connectivity index (χ0v) is 15.4. The lowest BCUT2D eigenvalue weighted by atomic mass is 10.1. The second-order valence-electron chi connectivity index (χ2n) is 6.52. The Morgan fingerprint density at radius 3 is 2.80 bits per heavy atom. The summed E-state index contributed by atoms with van der Waals surface area (Å²) in [6, 6.07) is 7.97. The summed E-state index contributed by atoms with van der Waals surface area (Å²) in [5.41, 5.74) is 2.89. The first-order chi connectivity index (χ1) is 12.1. The van der Waals surface area contributed by atoms with Crippen molar-refractivity contribution in [3.05, 3.63) is 46.6 Å². The van der Waals surface area contributed by atoms with E-state index in [1.54, 1.807) is 11.3 Å². The Balaban J connectivity index is 1.51. The van der Waals surface area contributed by atoms with Crippen LogP contribution in [0.2, 0.25) is 0 Å². The molecule has 1 aliphatic heterocycles. The van der Waals surface area contributed by atoms with E-state index in [-0.39, 0.29) is 5.91 Å². The topological polar surface area (TPSA) is 52.2 Å². The number of hydrogen-bond donors (Lipinski definition) is 1. The number of H-pyrrole nitrogens is 1. The van der Waals surface area contributed by atoms with Crippen LogP contribution in [0.1, 0.15) is 27.3 Å². The minimum absolute atomic E-state index is 0.116. The van der Waals surface area contributed by atoms with Crippen LogP contribution in [0.4, 0.5) is 5.13 Å². The Labute approximate surface area is 151 Å².